The van der Waals surface area contributed by atoms with Crippen LogP contribution in [-0.2, 0) is 10.8 Å². The monoisotopic (exact) mass is 734 g/mol. The van der Waals surface area contributed by atoms with Crippen molar-refractivity contribution < 1.29 is 0 Å². The maximum absolute atomic E-state index is 2.46. The Morgan fingerprint density at radius 1 is 0.491 bits per heavy atom. The van der Waals surface area contributed by atoms with Gasteiger partial charge in [-0.3, -0.25) is 0 Å². The van der Waals surface area contributed by atoms with Crippen LogP contribution in [0.15, 0.2) is 170 Å². The highest BCUT2D eigenvalue weighted by molar-refractivity contribution is 6.11. The van der Waals surface area contributed by atoms with Crippen LogP contribution in [-0.4, -0.2) is 4.57 Å². The normalized spacial score (nSPS) is 16.9. The summed E-state index contributed by atoms with van der Waals surface area (Å²) >= 11 is 0. The molecule has 3 aliphatic rings. The van der Waals surface area contributed by atoms with Crippen LogP contribution in [0.2, 0.25) is 0 Å². The number of anilines is 3. The lowest BCUT2D eigenvalue weighted by molar-refractivity contribution is 0.660. The van der Waals surface area contributed by atoms with E-state index in [9.17, 15) is 0 Å². The van der Waals surface area contributed by atoms with E-state index in [1.54, 1.807) is 0 Å². The first-order valence-corrected chi connectivity index (χ1v) is 20.5. The lowest BCUT2D eigenvalue weighted by Gasteiger charge is -2.30. The SMILES string of the molecule is CC1C=C(n2c3ccccc3c3cc(-c4ccc(N(c5ccc6c(c5)C(C)(C)c5ccccc5-6)c5ccc6c(c5)C(C)(C)c5ccccc5-6)cc4)ccc32)C=CC1. The zero-order valence-electron chi connectivity index (χ0n) is 33.3. The third-order valence-corrected chi connectivity index (χ3v) is 13.3. The van der Waals surface area contributed by atoms with Gasteiger partial charge < -0.3 is 9.47 Å². The standard InChI is InChI=1S/C55H46N2/c1-35-13-12-14-39(31-35)57-52-20-11-8-17-46(52)47-32-37(23-30-53(47)57)36-21-24-38(25-22-36)56(40-26-28-44-42-15-6-9-18-48(42)54(2,3)50(44)33-40)41-27-29-45-43-16-7-10-19-49(43)55(4,5)51(45)34-41/h6-12,14-35H,13H2,1-5H3. The van der Waals surface area contributed by atoms with Crippen LogP contribution in [0, 0.1) is 5.92 Å². The Kier molecular flexibility index (Phi) is 7.32. The maximum atomic E-state index is 2.46. The van der Waals surface area contributed by atoms with Crippen LogP contribution in [0.1, 0.15) is 63.3 Å². The third kappa shape index (κ3) is 5.03. The van der Waals surface area contributed by atoms with E-state index in [2.05, 4.69) is 214 Å². The molecule has 2 heteroatoms. The minimum Gasteiger partial charge on any atom is -0.310 e. The van der Waals surface area contributed by atoms with Crippen molar-refractivity contribution in [2.45, 2.75) is 51.9 Å². The van der Waals surface area contributed by atoms with E-state index in [0.717, 1.165) is 12.1 Å². The molecule has 7 aromatic carbocycles. The van der Waals surface area contributed by atoms with Gasteiger partial charge in [-0.2, -0.15) is 0 Å². The Labute approximate surface area is 336 Å². The maximum Gasteiger partial charge on any atom is 0.0541 e. The molecule has 0 spiro atoms. The summed E-state index contributed by atoms with van der Waals surface area (Å²) < 4.78 is 2.44. The molecular formula is C55H46N2. The molecule has 1 heterocycles. The van der Waals surface area contributed by atoms with Crippen LogP contribution in [0.5, 0.6) is 0 Å². The van der Waals surface area contributed by atoms with Crippen LogP contribution in [0.4, 0.5) is 17.1 Å². The van der Waals surface area contributed by atoms with Crippen molar-refractivity contribution in [2.24, 2.45) is 5.92 Å². The van der Waals surface area contributed by atoms with Crippen LogP contribution >= 0.6 is 0 Å². The Morgan fingerprint density at radius 3 is 1.65 bits per heavy atom. The van der Waals surface area contributed by atoms with Gasteiger partial charge in [-0.1, -0.05) is 144 Å². The zero-order chi connectivity index (χ0) is 38.6. The number of benzene rings is 7. The van der Waals surface area contributed by atoms with E-state index in [1.165, 1.54) is 94.5 Å². The number of nitrogens with zero attached hydrogens (tertiary/aromatic N) is 2. The van der Waals surface area contributed by atoms with E-state index < -0.39 is 0 Å². The van der Waals surface area contributed by atoms with Crippen molar-refractivity contribution >= 4 is 44.6 Å². The van der Waals surface area contributed by atoms with Gasteiger partial charge in [-0.05, 0) is 129 Å². The second-order valence-electron chi connectivity index (χ2n) is 17.5. The highest BCUT2D eigenvalue weighted by Crippen LogP contribution is 2.53. The summed E-state index contributed by atoms with van der Waals surface area (Å²) in [5, 5.41) is 2.57. The second kappa shape index (κ2) is 12.3. The Balaban J connectivity index is 1.04. The van der Waals surface area contributed by atoms with Crippen molar-refractivity contribution in [1.82, 2.24) is 4.57 Å². The zero-order valence-corrected chi connectivity index (χ0v) is 33.3. The van der Waals surface area contributed by atoms with Gasteiger partial charge in [0.25, 0.3) is 0 Å². The summed E-state index contributed by atoms with van der Waals surface area (Å²) in [7, 11) is 0. The van der Waals surface area contributed by atoms with Gasteiger partial charge >= 0.3 is 0 Å². The van der Waals surface area contributed by atoms with Gasteiger partial charge in [0.05, 0.1) is 11.0 Å². The van der Waals surface area contributed by atoms with E-state index in [-0.39, 0.29) is 10.8 Å². The number of hydrogen-bond acceptors (Lipinski definition) is 1. The van der Waals surface area contributed by atoms with Gasteiger partial charge in [0.2, 0.25) is 0 Å². The molecule has 0 bridgehead atoms. The van der Waals surface area contributed by atoms with Crippen molar-refractivity contribution in [2.75, 3.05) is 4.90 Å². The summed E-state index contributed by atoms with van der Waals surface area (Å²) in [4.78, 5) is 2.46. The van der Waals surface area contributed by atoms with E-state index in [4.69, 9.17) is 0 Å². The van der Waals surface area contributed by atoms with Gasteiger partial charge in [0.1, 0.15) is 0 Å². The van der Waals surface area contributed by atoms with Crippen LogP contribution in [0.3, 0.4) is 0 Å². The fourth-order valence-electron chi connectivity index (χ4n) is 10.3. The second-order valence-corrected chi connectivity index (χ2v) is 17.5. The molecule has 3 aliphatic carbocycles. The molecular weight excluding hydrogens is 689 g/mol. The number of allylic oxidation sites excluding steroid dienone is 4. The molecule has 1 aromatic heterocycles. The Hall–Kier alpha value is -6.38. The third-order valence-electron chi connectivity index (χ3n) is 13.3. The molecule has 0 aliphatic heterocycles. The number of fused-ring (bicyclic) bond motifs is 9. The molecule has 0 amide bonds. The van der Waals surface area contributed by atoms with E-state index in [0.29, 0.717) is 5.92 Å². The molecule has 11 rings (SSSR count). The molecule has 0 saturated heterocycles. The molecule has 2 nitrogen and oxygen atoms in total. The lowest BCUT2D eigenvalue weighted by Crippen LogP contribution is -2.18. The van der Waals surface area contributed by atoms with Crippen LogP contribution in [0.25, 0.3) is 60.9 Å². The van der Waals surface area contributed by atoms with Gasteiger partial charge in [-0.25, -0.2) is 0 Å². The Bertz CT molecular complexity index is 2900. The van der Waals surface area contributed by atoms with E-state index >= 15 is 0 Å². The fourth-order valence-corrected chi connectivity index (χ4v) is 10.3. The Morgan fingerprint density at radius 2 is 1.02 bits per heavy atom. The number of hydrogen-bond donors (Lipinski definition) is 0. The number of rotatable bonds is 5. The first kappa shape index (κ1) is 33.9. The summed E-state index contributed by atoms with van der Waals surface area (Å²) in [6.07, 6.45) is 8.10. The largest absolute Gasteiger partial charge is 0.310 e. The van der Waals surface area contributed by atoms with Crippen molar-refractivity contribution in [3.63, 3.8) is 0 Å². The molecule has 276 valence electrons. The molecule has 0 saturated carbocycles. The summed E-state index contributed by atoms with van der Waals surface area (Å²) in [5.41, 5.74) is 20.4. The average molecular weight is 735 g/mol. The average Bonchev–Trinajstić information content (AvgIpc) is 3.78. The van der Waals surface area contributed by atoms with Crippen molar-refractivity contribution in [1.29, 1.82) is 0 Å². The van der Waals surface area contributed by atoms with Crippen LogP contribution < -0.4 is 4.90 Å². The molecule has 0 fully saturated rings. The predicted octanol–water partition coefficient (Wildman–Crippen LogP) is 15.0. The highest BCUT2D eigenvalue weighted by atomic mass is 15.1. The van der Waals surface area contributed by atoms with Gasteiger partial charge in [0.15, 0.2) is 0 Å². The smallest absolute Gasteiger partial charge is 0.0541 e. The molecule has 1 atom stereocenters. The predicted molar refractivity (Wildman–Crippen MR) is 242 cm³/mol. The van der Waals surface area contributed by atoms with Crippen molar-refractivity contribution in [3.8, 4) is 33.4 Å². The molecule has 8 aromatic rings. The minimum atomic E-state index is -0.0944. The summed E-state index contributed by atoms with van der Waals surface area (Å²) in [6.45, 7) is 11.8. The van der Waals surface area contributed by atoms with Gasteiger partial charge in [-0.15, -0.1) is 0 Å². The lowest BCUT2D eigenvalue weighted by atomic mass is 9.82. The topological polar surface area (TPSA) is 8.17 Å². The van der Waals surface area contributed by atoms with Crippen molar-refractivity contribution in [3.05, 3.63) is 192 Å². The molecule has 0 radical (unpaired) electrons. The molecule has 57 heavy (non-hydrogen) atoms. The summed E-state index contributed by atoms with van der Waals surface area (Å²) in [6, 6.07) is 57.1. The fraction of sp³-hybridized carbons (Fsp3) is 0.164. The number of para-hydroxylation sites is 1. The van der Waals surface area contributed by atoms with E-state index in [1.807, 2.05) is 0 Å². The quantitative estimate of drug-likeness (QED) is 0.171. The first-order valence-electron chi connectivity index (χ1n) is 20.5. The molecule has 0 N–H and O–H groups in total. The van der Waals surface area contributed by atoms with Gasteiger partial charge in [0, 0.05) is 44.4 Å². The molecule has 1 unspecified atom stereocenters. The first-order chi connectivity index (χ1) is 27.7. The minimum absolute atomic E-state index is 0.0944. The number of aromatic nitrogens is 1. The summed E-state index contributed by atoms with van der Waals surface area (Å²) in [5.74, 6) is 0.526. The highest BCUT2D eigenvalue weighted by Gasteiger charge is 2.37.